The van der Waals surface area contributed by atoms with Crippen molar-refractivity contribution in [1.82, 2.24) is 25.1 Å². The molecule has 146 valence electrons. The van der Waals surface area contributed by atoms with Crippen molar-refractivity contribution < 1.29 is 0 Å². The monoisotopic (exact) mass is 383 g/mol. The molecular formula is C24H25N5. The maximum atomic E-state index is 4.45. The van der Waals surface area contributed by atoms with Crippen molar-refractivity contribution in [2.45, 2.75) is 26.4 Å². The first-order chi connectivity index (χ1) is 14.1. The molecule has 0 saturated carbocycles. The van der Waals surface area contributed by atoms with E-state index >= 15 is 0 Å². The second-order valence-electron chi connectivity index (χ2n) is 7.45. The van der Waals surface area contributed by atoms with Gasteiger partial charge >= 0.3 is 0 Å². The second-order valence-corrected chi connectivity index (χ2v) is 7.45. The van der Waals surface area contributed by atoms with E-state index in [1.54, 1.807) is 0 Å². The Kier molecular flexibility index (Phi) is 5.49. The molecule has 1 atom stereocenters. The van der Waals surface area contributed by atoms with Gasteiger partial charge in [0.2, 0.25) is 0 Å². The Hall–Kier alpha value is -3.31. The summed E-state index contributed by atoms with van der Waals surface area (Å²) in [6, 6.07) is 27.2. The molecule has 0 spiro atoms. The van der Waals surface area contributed by atoms with Gasteiger partial charge in [0.25, 0.3) is 0 Å². The molecule has 3 aromatic carbocycles. The van der Waals surface area contributed by atoms with E-state index in [-0.39, 0.29) is 6.04 Å². The minimum Gasteiger partial charge on any atom is -0.288 e. The summed E-state index contributed by atoms with van der Waals surface area (Å²) in [5.41, 5.74) is 5.81. The Morgan fingerprint density at radius 3 is 2.28 bits per heavy atom. The average Bonchev–Trinajstić information content (AvgIpc) is 3.20. The van der Waals surface area contributed by atoms with Gasteiger partial charge in [-0.15, -0.1) is 5.10 Å². The summed E-state index contributed by atoms with van der Waals surface area (Å²) in [5, 5.41) is 12.8. The third kappa shape index (κ3) is 4.10. The predicted molar refractivity (Wildman–Crippen MR) is 115 cm³/mol. The van der Waals surface area contributed by atoms with Gasteiger partial charge in [-0.25, -0.2) is 0 Å². The molecular weight excluding hydrogens is 358 g/mol. The number of benzene rings is 3. The molecule has 0 N–H and O–H groups in total. The van der Waals surface area contributed by atoms with E-state index in [0.717, 1.165) is 29.2 Å². The van der Waals surface area contributed by atoms with Gasteiger partial charge < -0.3 is 0 Å². The molecule has 0 aliphatic carbocycles. The Bertz CT molecular complexity index is 1070. The lowest BCUT2D eigenvalue weighted by molar-refractivity contribution is 0.258. The molecule has 4 rings (SSSR count). The van der Waals surface area contributed by atoms with E-state index in [1.807, 2.05) is 22.9 Å². The third-order valence-corrected chi connectivity index (χ3v) is 5.19. The fourth-order valence-corrected chi connectivity index (χ4v) is 3.65. The van der Waals surface area contributed by atoms with Gasteiger partial charge in [-0.2, -0.15) is 4.68 Å². The highest BCUT2D eigenvalue weighted by Gasteiger charge is 2.26. The zero-order valence-corrected chi connectivity index (χ0v) is 17.0. The Balaban J connectivity index is 1.76. The lowest BCUT2D eigenvalue weighted by Crippen LogP contribution is -2.28. The minimum absolute atomic E-state index is 0.0768. The maximum absolute atomic E-state index is 4.45. The number of hydrogen-bond donors (Lipinski definition) is 0. The maximum Gasteiger partial charge on any atom is 0.178 e. The van der Waals surface area contributed by atoms with Gasteiger partial charge in [0.15, 0.2) is 5.82 Å². The SMILES string of the molecule is Cc1ccc(CN(C)C(c2ccccc2)c2nnnn2-c2ccccc2C)cc1. The summed E-state index contributed by atoms with van der Waals surface area (Å²) in [6.07, 6.45) is 0. The van der Waals surface area contributed by atoms with E-state index in [4.69, 9.17) is 0 Å². The van der Waals surface area contributed by atoms with Crippen molar-refractivity contribution in [1.29, 1.82) is 0 Å². The van der Waals surface area contributed by atoms with Crippen LogP contribution in [-0.4, -0.2) is 32.2 Å². The molecule has 0 radical (unpaired) electrons. The van der Waals surface area contributed by atoms with Gasteiger partial charge in [0.1, 0.15) is 0 Å². The van der Waals surface area contributed by atoms with E-state index in [2.05, 4.69) is 102 Å². The van der Waals surface area contributed by atoms with Crippen LogP contribution in [0.5, 0.6) is 0 Å². The number of para-hydroxylation sites is 1. The Morgan fingerprint density at radius 2 is 1.55 bits per heavy atom. The summed E-state index contributed by atoms with van der Waals surface area (Å²) < 4.78 is 1.86. The number of hydrogen-bond acceptors (Lipinski definition) is 4. The van der Waals surface area contributed by atoms with Gasteiger partial charge in [-0.3, -0.25) is 4.90 Å². The van der Waals surface area contributed by atoms with Crippen LogP contribution in [-0.2, 0) is 6.54 Å². The number of aromatic nitrogens is 4. The lowest BCUT2D eigenvalue weighted by Gasteiger charge is -2.28. The first-order valence-electron chi connectivity index (χ1n) is 9.78. The van der Waals surface area contributed by atoms with Crippen LogP contribution in [0, 0.1) is 13.8 Å². The number of rotatable bonds is 6. The van der Waals surface area contributed by atoms with Crippen LogP contribution in [0.1, 0.15) is 34.1 Å². The lowest BCUT2D eigenvalue weighted by atomic mass is 10.0. The molecule has 0 saturated heterocycles. The largest absolute Gasteiger partial charge is 0.288 e. The summed E-state index contributed by atoms with van der Waals surface area (Å²) in [4.78, 5) is 2.29. The first-order valence-corrected chi connectivity index (χ1v) is 9.78. The van der Waals surface area contributed by atoms with E-state index < -0.39 is 0 Å². The predicted octanol–water partition coefficient (Wildman–Crippen LogP) is 4.50. The molecule has 5 heteroatoms. The van der Waals surface area contributed by atoms with E-state index in [9.17, 15) is 0 Å². The number of tetrazole rings is 1. The van der Waals surface area contributed by atoms with Crippen LogP contribution in [0.3, 0.4) is 0 Å². The van der Waals surface area contributed by atoms with Crippen LogP contribution < -0.4 is 0 Å². The summed E-state index contributed by atoms with van der Waals surface area (Å²) in [6.45, 7) is 4.98. The molecule has 0 aliphatic rings. The fraction of sp³-hybridized carbons (Fsp3) is 0.208. The molecule has 29 heavy (non-hydrogen) atoms. The van der Waals surface area contributed by atoms with Crippen molar-refractivity contribution in [2.75, 3.05) is 7.05 Å². The van der Waals surface area contributed by atoms with Crippen LogP contribution in [0.15, 0.2) is 78.9 Å². The van der Waals surface area contributed by atoms with Crippen LogP contribution in [0.2, 0.25) is 0 Å². The van der Waals surface area contributed by atoms with E-state index in [1.165, 1.54) is 11.1 Å². The van der Waals surface area contributed by atoms with Crippen LogP contribution in [0.25, 0.3) is 5.69 Å². The minimum atomic E-state index is -0.0768. The number of nitrogens with zero attached hydrogens (tertiary/aromatic N) is 5. The molecule has 0 fully saturated rings. The highest BCUT2D eigenvalue weighted by molar-refractivity contribution is 5.40. The van der Waals surface area contributed by atoms with Crippen molar-refractivity contribution in [2.24, 2.45) is 0 Å². The Labute approximate surface area is 171 Å². The van der Waals surface area contributed by atoms with Crippen molar-refractivity contribution in [3.8, 4) is 5.69 Å². The van der Waals surface area contributed by atoms with Gasteiger partial charge in [0, 0.05) is 6.54 Å². The first kappa shape index (κ1) is 19.0. The third-order valence-electron chi connectivity index (χ3n) is 5.19. The van der Waals surface area contributed by atoms with Gasteiger partial charge in [0.05, 0.1) is 11.7 Å². The standard InChI is InChI=1S/C24H25N5/c1-18-13-15-20(16-14-18)17-28(3)23(21-10-5-4-6-11-21)24-25-26-27-29(24)22-12-8-7-9-19(22)2/h4-16,23H,17H2,1-3H3. The average molecular weight is 383 g/mol. The zero-order chi connectivity index (χ0) is 20.2. The summed E-state index contributed by atoms with van der Waals surface area (Å²) in [7, 11) is 2.12. The van der Waals surface area contributed by atoms with Gasteiger partial charge in [-0.05, 0) is 54.1 Å². The zero-order valence-electron chi connectivity index (χ0n) is 17.0. The van der Waals surface area contributed by atoms with Crippen LogP contribution in [0.4, 0.5) is 0 Å². The van der Waals surface area contributed by atoms with Crippen LogP contribution >= 0.6 is 0 Å². The highest BCUT2D eigenvalue weighted by Crippen LogP contribution is 2.29. The summed E-state index contributed by atoms with van der Waals surface area (Å²) in [5.74, 6) is 0.806. The summed E-state index contributed by atoms with van der Waals surface area (Å²) >= 11 is 0. The van der Waals surface area contributed by atoms with Crippen molar-refractivity contribution in [3.05, 3.63) is 107 Å². The molecule has 0 aliphatic heterocycles. The fourth-order valence-electron chi connectivity index (χ4n) is 3.65. The molecule has 0 amide bonds. The molecule has 1 unspecified atom stereocenters. The van der Waals surface area contributed by atoms with Crippen molar-refractivity contribution >= 4 is 0 Å². The van der Waals surface area contributed by atoms with Gasteiger partial charge in [-0.1, -0.05) is 78.4 Å². The quantitative estimate of drug-likeness (QED) is 0.492. The molecule has 1 aromatic heterocycles. The normalized spacial score (nSPS) is 12.3. The molecule has 0 bridgehead atoms. The molecule has 5 nitrogen and oxygen atoms in total. The number of aryl methyl sites for hydroxylation is 2. The Morgan fingerprint density at radius 1 is 0.862 bits per heavy atom. The second kappa shape index (κ2) is 8.37. The van der Waals surface area contributed by atoms with E-state index in [0.29, 0.717) is 0 Å². The molecule has 1 heterocycles. The molecule has 4 aromatic rings. The van der Waals surface area contributed by atoms with Crippen molar-refractivity contribution in [3.63, 3.8) is 0 Å². The highest BCUT2D eigenvalue weighted by atomic mass is 15.6. The topological polar surface area (TPSA) is 46.8 Å². The smallest absolute Gasteiger partial charge is 0.178 e.